The average molecular weight is 297 g/mol. The molecule has 7 heteroatoms. The van der Waals surface area contributed by atoms with Crippen molar-refractivity contribution in [2.24, 2.45) is 0 Å². The third-order valence-corrected chi connectivity index (χ3v) is 3.10. The van der Waals surface area contributed by atoms with Crippen LogP contribution in [0.5, 0.6) is 0 Å². The smallest absolute Gasteiger partial charge is 0.204 e. The second-order valence-electron chi connectivity index (χ2n) is 4.60. The summed E-state index contributed by atoms with van der Waals surface area (Å²) in [6, 6.07) is 12.3. The zero-order valence-electron chi connectivity index (χ0n) is 11.3. The van der Waals surface area contributed by atoms with Crippen LogP contribution in [-0.4, -0.2) is 26.2 Å². The summed E-state index contributed by atoms with van der Waals surface area (Å²) >= 11 is 0. The van der Waals surface area contributed by atoms with Crippen LogP contribution in [0.4, 0.5) is 4.39 Å². The number of nitrogens with zero attached hydrogens (tertiary/aromatic N) is 4. The molecule has 0 bridgehead atoms. The van der Waals surface area contributed by atoms with Crippen molar-refractivity contribution in [3.8, 4) is 11.4 Å². The molecule has 0 fully saturated rings. The number of halogens is 1. The molecule has 3 aromatic rings. The van der Waals surface area contributed by atoms with Crippen molar-refractivity contribution < 1.29 is 14.3 Å². The minimum absolute atomic E-state index is 0.0718. The van der Waals surface area contributed by atoms with E-state index in [1.54, 1.807) is 30.3 Å². The second-order valence-corrected chi connectivity index (χ2v) is 4.60. The molecular weight excluding hydrogens is 287 g/mol. The van der Waals surface area contributed by atoms with Crippen LogP contribution in [0.15, 0.2) is 48.5 Å². The van der Waals surface area contributed by atoms with Crippen LogP contribution in [0.25, 0.3) is 11.4 Å². The van der Waals surface area contributed by atoms with Gasteiger partial charge in [-0.1, -0.05) is 42.5 Å². The van der Waals surface area contributed by atoms with Crippen molar-refractivity contribution in [1.29, 1.82) is 0 Å². The molecule has 0 aliphatic carbocycles. The molecular formula is C15H10FN4O2-. The number of carboxylic acid groups (broad SMARTS) is 1. The third-order valence-electron chi connectivity index (χ3n) is 3.10. The van der Waals surface area contributed by atoms with Crippen molar-refractivity contribution in [3.63, 3.8) is 0 Å². The first-order valence-electron chi connectivity index (χ1n) is 6.46. The number of rotatable bonds is 4. The molecule has 0 saturated heterocycles. The third kappa shape index (κ3) is 2.83. The molecule has 2 aromatic carbocycles. The first-order valence-corrected chi connectivity index (χ1v) is 6.46. The standard InChI is InChI=1S/C15H11FN4O2/c16-13-4-2-1-3-12(13)9-20-18-14(17-19-20)10-5-7-11(8-6-10)15(21)22/h1-8H,9H2,(H,21,22)/p-1. The molecule has 0 radical (unpaired) electrons. The topological polar surface area (TPSA) is 83.7 Å². The van der Waals surface area contributed by atoms with Gasteiger partial charge in [-0.2, -0.15) is 4.80 Å². The van der Waals surface area contributed by atoms with Gasteiger partial charge in [-0.05, 0) is 16.8 Å². The summed E-state index contributed by atoms with van der Waals surface area (Å²) in [6.07, 6.45) is 0. The van der Waals surface area contributed by atoms with E-state index in [4.69, 9.17) is 0 Å². The summed E-state index contributed by atoms with van der Waals surface area (Å²) in [6.45, 7) is 0.163. The highest BCUT2D eigenvalue weighted by Crippen LogP contribution is 2.15. The summed E-state index contributed by atoms with van der Waals surface area (Å²) < 4.78 is 13.6. The number of carboxylic acids is 1. The van der Waals surface area contributed by atoms with Crippen LogP contribution in [-0.2, 0) is 6.54 Å². The van der Waals surface area contributed by atoms with Crippen LogP contribution in [0.3, 0.4) is 0 Å². The van der Waals surface area contributed by atoms with Crippen molar-refractivity contribution in [2.45, 2.75) is 6.54 Å². The summed E-state index contributed by atoms with van der Waals surface area (Å²) in [5.41, 5.74) is 1.14. The van der Waals surface area contributed by atoms with E-state index in [0.717, 1.165) is 0 Å². The normalized spacial score (nSPS) is 10.6. The zero-order chi connectivity index (χ0) is 15.5. The van der Waals surface area contributed by atoms with E-state index >= 15 is 0 Å². The number of hydrogen-bond donors (Lipinski definition) is 0. The van der Waals surface area contributed by atoms with Crippen molar-refractivity contribution >= 4 is 5.97 Å². The van der Waals surface area contributed by atoms with Gasteiger partial charge in [-0.25, -0.2) is 4.39 Å². The Bertz CT molecular complexity index is 814. The van der Waals surface area contributed by atoms with Gasteiger partial charge in [0.25, 0.3) is 0 Å². The fraction of sp³-hybridized carbons (Fsp3) is 0.0667. The maximum atomic E-state index is 13.6. The molecule has 0 N–H and O–H groups in total. The minimum atomic E-state index is -1.25. The van der Waals surface area contributed by atoms with E-state index < -0.39 is 5.97 Å². The van der Waals surface area contributed by atoms with Gasteiger partial charge < -0.3 is 9.90 Å². The first-order chi connectivity index (χ1) is 10.6. The van der Waals surface area contributed by atoms with Gasteiger partial charge in [-0.15, -0.1) is 10.2 Å². The van der Waals surface area contributed by atoms with Gasteiger partial charge in [0.15, 0.2) is 0 Å². The number of aromatic carboxylic acids is 1. The highest BCUT2D eigenvalue weighted by atomic mass is 19.1. The summed E-state index contributed by atoms with van der Waals surface area (Å²) in [5, 5.41) is 22.6. The van der Waals surface area contributed by atoms with Crippen molar-refractivity contribution in [1.82, 2.24) is 20.2 Å². The van der Waals surface area contributed by atoms with Gasteiger partial charge in [0, 0.05) is 11.1 Å². The van der Waals surface area contributed by atoms with Crippen LogP contribution >= 0.6 is 0 Å². The van der Waals surface area contributed by atoms with E-state index in [-0.39, 0.29) is 17.9 Å². The molecule has 0 saturated carbocycles. The average Bonchev–Trinajstić information content (AvgIpc) is 2.98. The molecule has 110 valence electrons. The van der Waals surface area contributed by atoms with Crippen molar-refractivity contribution in [2.75, 3.05) is 0 Å². The monoisotopic (exact) mass is 297 g/mol. The molecule has 3 rings (SSSR count). The molecule has 1 aromatic heterocycles. The summed E-state index contributed by atoms with van der Waals surface area (Å²) in [5.74, 6) is -1.25. The Balaban J connectivity index is 1.81. The molecule has 1 heterocycles. The highest BCUT2D eigenvalue weighted by molar-refractivity contribution is 5.86. The summed E-state index contributed by atoms with van der Waals surface area (Å²) in [7, 11) is 0. The number of tetrazole rings is 1. The predicted octanol–water partition coefficient (Wildman–Crippen LogP) is 0.891. The van der Waals surface area contributed by atoms with Crippen LogP contribution in [0.1, 0.15) is 15.9 Å². The Morgan fingerprint density at radius 2 is 1.86 bits per heavy atom. The summed E-state index contributed by atoms with van der Waals surface area (Å²) in [4.78, 5) is 12.0. The first kappa shape index (κ1) is 13.9. The Labute approximate surface area is 124 Å². The van der Waals surface area contributed by atoms with Gasteiger partial charge in [0.1, 0.15) is 5.82 Å². The van der Waals surface area contributed by atoms with Crippen LogP contribution in [0, 0.1) is 5.82 Å². The fourth-order valence-corrected chi connectivity index (χ4v) is 1.96. The lowest BCUT2D eigenvalue weighted by atomic mass is 10.1. The Morgan fingerprint density at radius 1 is 1.14 bits per heavy atom. The minimum Gasteiger partial charge on any atom is -0.545 e. The van der Waals surface area contributed by atoms with Crippen molar-refractivity contribution in [3.05, 3.63) is 65.5 Å². The Morgan fingerprint density at radius 3 is 2.55 bits per heavy atom. The van der Waals surface area contributed by atoms with Crippen LogP contribution < -0.4 is 5.11 Å². The number of hydrogen-bond acceptors (Lipinski definition) is 5. The number of benzene rings is 2. The Hall–Kier alpha value is -3.09. The number of aromatic nitrogens is 4. The number of carbonyl (C=O) groups excluding carboxylic acids is 1. The molecule has 0 spiro atoms. The van der Waals surface area contributed by atoms with E-state index in [9.17, 15) is 14.3 Å². The second kappa shape index (κ2) is 5.72. The lowest BCUT2D eigenvalue weighted by molar-refractivity contribution is -0.255. The lowest BCUT2D eigenvalue weighted by Crippen LogP contribution is -2.21. The fourth-order valence-electron chi connectivity index (χ4n) is 1.96. The molecule has 0 amide bonds. The lowest BCUT2D eigenvalue weighted by Gasteiger charge is -2.02. The van der Waals surface area contributed by atoms with E-state index in [2.05, 4.69) is 15.4 Å². The quantitative estimate of drug-likeness (QED) is 0.714. The molecule has 0 unspecified atom stereocenters. The molecule has 0 atom stereocenters. The van der Waals surface area contributed by atoms with Gasteiger partial charge >= 0.3 is 0 Å². The molecule has 0 aliphatic heterocycles. The van der Waals surface area contributed by atoms with Gasteiger partial charge in [0.2, 0.25) is 5.82 Å². The molecule has 0 aliphatic rings. The van der Waals surface area contributed by atoms with Gasteiger partial charge in [-0.3, -0.25) is 0 Å². The maximum Gasteiger partial charge on any atom is 0.204 e. The zero-order valence-corrected chi connectivity index (χ0v) is 11.3. The molecule has 6 nitrogen and oxygen atoms in total. The molecule has 22 heavy (non-hydrogen) atoms. The Kier molecular flexibility index (Phi) is 3.61. The maximum absolute atomic E-state index is 13.6. The van der Waals surface area contributed by atoms with E-state index in [1.807, 2.05) is 0 Å². The SMILES string of the molecule is O=C([O-])c1ccc(-c2nnn(Cc3ccccc3F)n2)cc1. The predicted molar refractivity (Wildman–Crippen MR) is 73.1 cm³/mol. The van der Waals surface area contributed by atoms with E-state index in [0.29, 0.717) is 17.0 Å². The highest BCUT2D eigenvalue weighted by Gasteiger charge is 2.08. The van der Waals surface area contributed by atoms with E-state index in [1.165, 1.54) is 23.0 Å². The number of carbonyl (C=O) groups is 1. The van der Waals surface area contributed by atoms with Crippen LogP contribution in [0.2, 0.25) is 0 Å². The van der Waals surface area contributed by atoms with Gasteiger partial charge in [0.05, 0.1) is 12.5 Å². The largest absolute Gasteiger partial charge is 0.545 e.